The largest absolute Gasteiger partial charge is 0.479 e. The third kappa shape index (κ3) is 5.71. The van der Waals surface area contributed by atoms with Gasteiger partial charge in [-0.3, -0.25) is 4.79 Å². The predicted molar refractivity (Wildman–Crippen MR) is 58.3 cm³/mol. The van der Waals surface area contributed by atoms with Crippen molar-refractivity contribution in [3.8, 4) is 0 Å². The molecule has 0 aliphatic heterocycles. The number of carboxylic acid groups (broad SMARTS) is 1. The molecule has 0 heterocycles. The molecule has 0 spiro atoms. The first kappa shape index (κ1) is 15.2. The van der Waals surface area contributed by atoms with E-state index >= 15 is 0 Å². The first-order valence-corrected chi connectivity index (χ1v) is 4.92. The monoisotopic (exact) mass is 247 g/mol. The summed E-state index contributed by atoms with van der Waals surface area (Å²) < 4.78 is 0. The van der Waals surface area contributed by atoms with Crippen LogP contribution in [0.25, 0.3) is 0 Å². The molecule has 0 rings (SSSR count). The van der Waals surface area contributed by atoms with E-state index in [0.29, 0.717) is 0 Å². The van der Waals surface area contributed by atoms with Crippen LogP contribution in [0.5, 0.6) is 0 Å². The second kappa shape index (κ2) is 6.69. The molecule has 2 unspecified atom stereocenters. The number of nitrogens with one attached hydrogen (secondary N) is 2. The molecule has 0 saturated carbocycles. The molecule has 98 valence electrons. The van der Waals surface area contributed by atoms with Gasteiger partial charge in [0, 0.05) is 14.1 Å². The highest BCUT2D eigenvalue weighted by Crippen LogP contribution is 1.88. The number of aliphatic hydroxyl groups excluding tert-OH is 1. The van der Waals surface area contributed by atoms with Crippen LogP contribution in [0.2, 0.25) is 0 Å². The molecule has 0 bridgehead atoms. The maximum Gasteiger partial charge on any atom is 0.334 e. The van der Waals surface area contributed by atoms with Crippen LogP contribution in [0.15, 0.2) is 0 Å². The van der Waals surface area contributed by atoms with Gasteiger partial charge < -0.3 is 25.7 Å². The van der Waals surface area contributed by atoms with Gasteiger partial charge in [0.25, 0.3) is 0 Å². The van der Waals surface area contributed by atoms with Crippen LogP contribution in [0.3, 0.4) is 0 Å². The number of aliphatic carboxylic acids is 1. The molecule has 0 aromatic heterocycles. The molecule has 3 amide bonds. The molecule has 0 aliphatic rings. The number of likely N-dealkylation sites (N-methyl/N-ethyl adjacent to an activating group) is 1. The summed E-state index contributed by atoms with van der Waals surface area (Å²) in [7, 11) is 3.10. The average molecular weight is 247 g/mol. The third-order valence-corrected chi connectivity index (χ3v) is 1.90. The number of nitrogens with zero attached hydrogens (tertiary/aromatic N) is 1. The Bertz CT molecular complexity index is 305. The van der Waals surface area contributed by atoms with Gasteiger partial charge in [-0.2, -0.15) is 0 Å². The van der Waals surface area contributed by atoms with E-state index < -0.39 is 30.7 Å². The standard InChI is InChI=1S/C9H17N3O5/c1-5(7(14)12(2)3)11-9(17)10-4-6(13)8(15)16/h5-6,13H,4H2,1-3H3,(H,15,16)(H2,10,11,17). The van der Waals surface area contributed by atoms with Gasteiger partial charge in [0.05, 0.1) is 6.54 Å². The van der Waals surface area contributed by atoms with Crippen LogP contribution in [-0.4, -0.2) is 65.8 Å². The Morgan fingerprint density at radius 3 is 2.24 bits per heavy atom. The fourth-order valence-electron chi connectivity index (χ4n) is 0.973. The van der Waals surface area contributed by atoms with E-state index in [-0.39, 0.29) is 5.91 Å². The third-order valence-electron chi connectivity index (χ3n) is 1.90. The van der Waals surface area contributed by atoms with Crippen LogP contribution in [0, 0.1) is 0 Å². The normalized spacial score (nSPS) is 13.4. The highest BCUT2D eigenvalue weighted by atomic mass is 16.4. The van der Waals surface area contributed by atoms with Gasteiger partial charge >= 0.3 is 12.0 Å². The minimum Gasteiger partial charge on any atom is -0.479 e. The second-order valence-corrected chi connectivity index (χ2v) is 3.66. The van der Waals surface area contributed by atoms with E-state index in [1.54, 1.807) is 14.1 Å². The molecule has 0 aliphatic carbocycles. The maximum absolute atomic E-state index is 11.4. The zero-order chi connectivity index (χ0) is 13.6. The summed E-state index contributed by atoms with van der Waals surface area (Å²) >= 11 is 0. The van der Waals surface area contributed by atoms with E-state index in [1.165, 1.54) is 11.8 Å². The Hall–Kier alpha value is -1.83. The number of hydrogen-bond acceptors (Lipinski definition) is 4. The van der Waals surface area contributed by atoms with Crippen LogP contribution >= 0.6 is 0 Å². The van der Waals surface area contributed by atoms with Crippen molar-refractivity contribution < 1.29 is 24.6 Å². The average Bonchev–Trinajstić information content (AvgIpc) is 2.24. The van der Waals surface area contributed by atoms with E-state index in [9.17, 15) is 14.4 Å². The number of carbonyl (C=O) groups is 3. The highest BCUT2D eigenvalue weighted by Gasteiger charge is 2.18. The summed E-state index contributed by atoms with van der Waals surface area (Å²) in [5.74, 6) is -1.72. The minimum atomic E-state index is -1.67. The number of aliphatic hydroxyl groups is 1. The maximum atomic E-state index is 11.4. The lowest BCUT2D eigenvalue weighted by atomic mass is 10.3. The fraction of sp³-hybridized carbons (Fsp3) is 0.667. The van der Waals surface area contributed by atoms with Crippen LogP contribution in [0.4, 0.5) is 4.79 Å². The Morgan fingerprint density at radius 2 is 1.82 bits per heavy atom. The summed E-state index contributed by atoms with van der Waals surface area (Å²) in [5.41, 5.74) is 0. The molecule has 8 heteroatoms. The van der Waals surface area contributed by atoms with Crippen LogP contribution < -0.4 is 10.6 Å². The number of carboxylic acids is 1. The molecule has 8 nitrogen and oxygen atoms in total. The first-order valence-electron chi connectivity index (χ1n) is 4.92. The second-order valence-electron chi connectivity index (χ2n) is 3.66. The highest BCUT2D eigenvalue weighted by molar-refractivity contribution is 5.86. The number of urea groups is 1. The summed E-state index contributed by atoms with van der Waals surface area (Å²) in [6.07, 6.45) is -1.67. The lowest BCUT2D eigenvalue weighted by molar-refractivity contribution is -0.146. The predicted octanol–water partition coefficient (Wildman–Crippen LogP) is -1.79. The fourth-order valence-corrected chi connectivity index (χ4v) is 0.973. The Morgan fingerprint density at radius 1 is 1.29 bits per heavy atom. The van der Waals surface area contributed by atoms with E-state index in [1.807, 2.05) is 0 Å². The Kier molecular flexibility index (Phi) is 5.97. The lowest BCUT2D eigenvalue weighted by Crippen LogP contribution is -2.49. The van der Waals surface area contributed by atoms with Gasteiger partial charge in [0.1, 0.15) is 6.04 Å². The Labute approximate surface area is 98.6 Å². The number of hydrogen-bond donors (Lipinski definition) is 4. The summed E-state index contributed by atoms with van der Waals surface area (Å²) in [5, 5.41) is 21.7. The summed E-state index contributed by atoms with van der Waals surface area (Å²) in [4.78, 5) is 34.1. The molecule has 4 N–H and O–H groups in total. The summed E-state index contributed by atoms with van der Waals surface area (Å²) in [6, 6.07) is -1.44. The molecular formula is C9H17N3O5. The van der Waals surface area contributed by atoms with Crippen LogP contribution in [-0.2, 0) is 9.59 Å². The number of amides is 3. The SMILES string of the molecule is CC(NC(=O)NCC(O)C(=O)O)C(=O)N(C)C. The van der Waals surface area contributed by atoms with Crippen molar-refractivity contribution in [1.29, 1.82) is 0 Å². The number of rotatable bonds is 5. The van der Waals surface area contributed by atoms with Gasteiger partial charge in [0.2, 0.25) is 5.91 Å². The molecule has 0 aromatic carbocycles. The van der Waals surface area contributed by atoms with E-state index in [2.05, 4.69) is 10.6 Å². The number of carbonyl (C=O) groups excluding carboxylic acids is 2. The van der Waals surface area contributed by atoms with Crippen molar-refractivity contribution in [1.82, 2.24) is 15.5 Å². The van der Waals surface area contributed by atoms with Gasteiger partial charge in [0.15, 0.2) is 6.10 Å². The molecule has 2 atom stereocenters. The van der Waals surface area contributed by atoms with Crippen LogP contribution in [0.1, 0.15) is 6.92 Å². The smallest absolute Gasteiger partial charge is 0.334 e. The minimum absolute atomic E-state index is 0.293. The Balaban J connectivity index is 4.02. The summed E-state index contributed by atoms with van der Waals surface area (Å²) in [6.45, 7) is 1.07. The lowest BCUT2D eigenvalue weighted by Gasteiger charge is -2.18. The molecule has 17 heavy (non-hydrogen) atoms. The van der Waals surface area contributed by atoms with E-state index in [4.69, 9.17) is 10.2 Å². The van der Waals surface area contributed by atoms with E-state index in [0.717, 1.165) is 0 Å². The van der Waals surface area contributed by atoms with Gasteiger partial charge in [-0.05, 0) is 6.92 Å². The van der Waals surface area contributed by atoms with Crippen molar-refractivity contribution in [2.24, 2.45) is 0 Å². The zero-order valence-corrected chi connectivity index (χ0v) is 9.93. The van der Waals surface area contributed by atoms with Gasteiger partial charge in [-0.15, -0.1) is 0 Å². The zero-order valence-electron chi connectivity index (χ0n) is 9.93. The van der Waals surface area contributed by atoms with Crippen molar-refractivity contribution in [3.05, 3.63) is 0 Å². The van der Waals surface area contributed by atoms with Gasteiger partial charge in [-0.1, -0.05) is 0 Å². The van der Waals surface area contributed by atoms with Crippen molar-refractivity contribution in [3.63, 3.8) is 0 Å². The topological polar surface area (TPSA) is 119 Å². The quantitative estimate of drug-likeness (QED) is 0.457. The van der Waals surface area contributed by atoms with Crippen molar-refractivity contribution >= 4 is 17.9 Å². The molecular weight excluding hydrogens is 230 g/mol. The van der Waals surface area contributed by atoms with Gasteiger partial charge in [-0.25, -0.2) is 9.59 Å². The first-order chi connectivity index (χ1) is 7.75. The molecule has 0 radical (unpaired) electrons. The molecule has 0 aromatic rings. The van der Waals surface area contributed by atoms with Crippen molar-refractivity contribution in [2.45, 2.75) is 19.1 Å². The molecule has 0 saturated heterocycles. The van der Waals surface area contributed by atoms with Crippen molar-refractivity contribution in [2.75, 3.05) is 20.6 Å². The molecule has 0 fully saturated rings.